The van der Waals surface area contributed by atoms with E-state index in [-0.39, 0.29) is 23.4 Å². The van der Waals surface area contributed by atoms with Crippen LogP contribution in [0.2, 0.25) is 0 Å². The maximum Gasteiger partial charge on any atom is 0.335 e. The number of ether oxygens (including phenoxy) is 2. The highest BCUT2D eigenvalue weighted by atomic mass is 19.1. The lowest BCUT2D eigenvalue weighted by Gasteiger charge is -2.26. The number of carbonyl (C=O) groups excluding carboxylic acids is 3. The third-order valence-corrected chi connectivity index (χ3v) is 5.24. The number of nitrogens with zero attached hydrogens (tertiary/aromatic N) is 1. The summed E-state index contributed by atoms with van der Waals surface area (Å²) in [7, 11) is 1.41. The van der Waals surface area contributed by atoms with E-state index in [4.69, 9.17) is 14.6 Å². The summed E-state index contributed by atoms with van der Waals surface area (Å²) in [4.78, 5) is 49.5. The number of urea groups is 1. The minimum atomic E-state index is -1.05. The topological polar surface area (TPSA) is 122 Å². The van der Waals surface area contributed by atoms with Gasteiger partial charge in [0.15, 0.2) is 11.5 Å². The van der Waals surface area contributed by atoms with E-state index in [1.165, 1.54) is 43.5 Å². The Morgan fingerprint density at radius 1 is 1.03 bits per heavy atom. The number of rotatable bonds is 7. The van der Waals surface area contributed by atoms with Crippen LogP contribution in [-0.4, -0.2) is 36.0 Å². The van der Waals surface area contributed by atoms with Gasteiger partial charge in [-0.05, 0) is 59.7 Å². The minimum Gasteiger partial charge on any atom is -0.493 e. The smallest absolute Gasteiger partial charge is 0.335 e. The van der Waals surface area contributed by atoms with Crippen molar-refractivity contribution in [3.8, 4) is 11.5 Å². The molecule has 0 spiro atoms. The molecule has 0 radical (unpaired) electrons. The average Bonchev–Trinajstić information content (AvgIpc) is 2.85. The molecule has 3 aromatic carbocycles. The van der Waals surface area contributed by atoms with Crippen molar-refractivity contribution in [1.82, 2.24) is 5.32 Å². The summed E-state index contributed by atoms with van der Waals surface area (Å²) < 4.78 is 24.8. The molecular formula is C26H19FN2O7. The van der Waals surface area contributed by atoms with Crippen LogP contribution < -0.4 is 19.7 Å². The monoisotopic (exact) mass is 490 g/mol. The van der Waals surface area contributed by atoms with Crippen LogP contribution in [0, 0.1) is 5.82 Å². The molecule has 0 bridgehead atoms. The lowest BCUT2D eigenvalue weighted by atomic mass is 10.1. The van der Waals surface area contributed by atoms with Gasteiger partial charge in [-0.3, -0.25) is 14.9 Å². The number of methoxy groups -OCH3 is 1. The number of imide groups is 2. The number of amides is 4. The number of halogens is 1. The number of anilines is 1. The van der Waals surface area contributed by atoms with Gasteiger partial charge in [-0.15, -0.1) is 0 Å². The van der Waals surface area contributed by atoms with Gasteiger partial charge in [0.1, 0.15) is 18.0 Å². The predicted molar refractivity (Wildman–Crippen MR) is 126 cm³/mol. The molecule has 1 fully saturated rings. The number of carboxylic acid groups (broad SMARTS) is 1. The predicted octanol–water partition coefficient (Wildman–Crippen LogP) is 3.78. The van der Waals surface area contributed by atoms with Gasteiger partial charge in [0.2, 0.25) is 0 Å². The van der Waals surface area contributed by atoms with Crippen LogP contribution in [-0.2, 0) is 16.2 Å². The van der Waals surface area contributed by atoms with Gasteiger partial charge in [0.05, 0.1) is 18.4 Å². The SMILES string of the molecule is COc1cc(/C=C2/C(=O)NC(=O)N(c3cccc(F)c3)C2=O)ccc1OCc1cccc(C(=O)O)c1. The number of nitrogens with one attached hydrogen (secondary N) is 1. The maximum atomic E-state index is 13.6. The van der Waals surface area contributed by atoms with Crippen molar-refractivity contribution >= 4 is 35.6 Å². The molecule has 1 aliphatic rings. The van der Waals surface area contributed by atoms with Gasteiger partial charge in [-0.2, -0.15) is 0 Å². The largest absolute Gasteiger partial charge is 0.493 e. The highest BCUT2D eigenvalue weighted by Gasteiger charge is 2.37. The minimum absolute atomic E-state index is 0.0239. The van der Waals surface area contributed by atoms with E-state index < -0.39 is 29.6 Å². The van der Waals surface area contributed by atoms with Gasteiger partial charge in [-0.25, -0.2) is 18.9 Å². The second kappa shape index (κ2) is 10.1. The highest BCUT2D eigenvalue weighted by molar-refractivity contribution is 6.39. The molecule has 1 aliphatic heterocycles. The molecule has 1 saturated heterocycles. The van der Waals surface area contributed by atoms with Crippen LogP contribution in [0.15, 0.2) is 72.3 Å². The van der Waals surface area contributed by atoms with Crippen molar-refractivity contribution in [2.24, 2.45) is 0 Å². The Morgan fingerprint density at radius 2 is 1.81 bits per heavy atom. The second-order valence-electron chi connectivity index (χ2n) is 7.64. The Balaban J connectivity index is 1.58. The van der Waals surface area contributed by atoms with Crippen LogP contribution >= 0.6 is 0 Å². The first-order valence-electron chi connectivity index (χ1n) is 10.6. The molecule has 0 atom stereocenters. The third kappa shape index (κ3) is 5.07. The Labute approximate surface area is 204 Å². The number of barbiturate groups is 1. The molecule has 0 unspecified atom stereocenters. The second-order valence-corrected chi connectivity index (χ2v) is 7.64. The molecule has 0 aliphatic carbocycles. The molecule has 1 heterocycles. The standard InChI is InChI=1S/C26H19FN2O7/c1-35-22-12-15(8-9-21(22)36-14-16-4-2-5-17(10-16)25(32)33)11-20-23(30)28-26(34)29(24(20)31)19-7-3-6-18(27)13-19/h2-13H,14H2,1H3,(H,32,33)(H,28,30,34)/b20-11-. The first kappa shape index (κ1) is 24.1. The van der Waals surface area contributed by atoms with E-state index in [9.17, 15) is 23.6 Å². The Bertz CT molecular complexity index is 1420. The zero-order valence-electron chi connectivity index (χ0n) is 18.9. The quantitative estimate of drug-likeness (QED) is 0.382. The molecule has 2 N–H and O–H groups in total. The molecule has 4 rings (SSSR count). The molecule has 10 heteroatoms. The van der Waals surface area contributed by atoms with E-state index in [0.29, 0.717) is 27.5 Å². The summed E-state index contributed by atoms with van der Waals surface area (Å²) in [6, 6.07) is 14.8. The summed E-state index contributed by atoms with van der Waals surface area (Å²) >= 11 is 0. The summed E-state index contributed by atoms with van der Waals surface area (Å²) in [6.45, 7) is 0.0729. The van der Waals surface area contributed by atoms with E-state index in [1.807, 2.05) is 0 Å². The van der Waals surface area contributed by atoms with Crippen molar-refractivity contribution < 1.29 is 38.1 Å². The first-order chi connectivity index (χ1) is 17.3. The lowest BCUT2D eigenvalue weighted by molar-refractivity contribution is -0.122. The fourth-order valence-electron chi connectivity index (χ4n) is 3.52. The van der Waals surface area contributed by atoms with E-state index in [2.05, 4.69) is 5.32 Å². The summed E-state index contributed by atoms with van der Waals surface area (Å²) in [5, 5.41) is 11.2. The van der Waals surface area contributed by atoms with Crippen molar-refractivity contribution in [3.63, 3.8) is 0 Å². The average molecular weight is 490 g/mol. The molecule has 182 valence electrons. The molecule has 3 aromatic rings. The van der Waals surface area contributed by atoms with Gasteiger partial charge < -0.3 is 14.6 Å². The zero-order valence-corrected chi connectivity index (χ0v) is 18.9. The van der Waals surface area contributed by atoms with Crippen molar-refractivity contribution in [2.45, 2.75) is 6.61 Å². The zero-order chi connectivity index (χ0) is 25.8. The number of carbonyl (C=O) groups is 4. The molecule has 36 heavy (non-hydrogen) atoms. The fraction of sp³-hybridized carbons (Fsp3) is 0.0769. The fourth-order valence-corrected chi connectivity index (χ4v) is 3.52. The van der Waals surface area contributed by atoms with Crippen molar-refractivity contribution in [3.05, 3.63) is 94.8 Å². The summed E-state index contributed by atoms with van der Waals surface area (Å²) in [5.41, 5.74) is 0.810. The number of hydrogen-bond donors (Lipinski definition) is 2. The van der Waals surface area contributed by atoms with Crippen molar-refractivity contribution in [2.75, 3.05) is 12.0 Å². The van der Waals surface area contributed by atoms with Gasteiger partial charge >= 0.3 is 12.0 Å². The van der Waals surface area contributed by atoms with Crippen LogP contribution in [0.3, 0.4) is 0 Å². The number of hydrogen-bond acceptors (Lipinski definition) is 6. The van der Waals surface area contributed by atoms with E-state index in [1.54, 1.807) is 24.3 Å². The normalized spacial score (nSPS) is 14.6. The Morgan fingerprint density at radius 3 is 2.53 bits per heavy atom. The number of benzene rings is 3. The molecule has 4 amide bonds. The van der Waals surface area contributed by atoms with Crippen LogP contribution in [0.5, 0.6) is 11.5 Å². The molecule has 0 saturated carbocycles. The summed E-state index contributed by atoms with van der Waals surface area (Å²) in [6.07, 6.45) is 1.28. The van der Waals surface area contributed by atoms with Gasteiger partial charge in [0, 0.05) is 0 Å². The first-order valence-corrected chi connectivity index (χ1v) is 10.6. The maximum absolute atomic E-state index is 13.6. The van der Waals surface area contributed by atoms with Crippen LogP contribution in [0.25, 0.3) is 6.08 Å². The van der Waals surface area contributed by atoms with Crippen molar-refractivity contribution in [1.29, 1.82) is 0 Å². The summed E-state index contributed by atoms with van der Waals surface area (Å²) in [5.74, 6) is -2.87. The number of carboxylic acids is 1. The Kier molecular flexibility index (Phi) is 6.77. The molecular weight excluding hydrogens is 471 g/mol. The number of aromatic carboxylic acids is 1. The lowest BCUT2D eigenvalue weighted by Crippen LogP contribution is -2.54. The van der Waals surface area contributed by atoms with Crippen LogP contribution in [0.1, 0.15) is 21.5 Å². The molecule has 0 aromatic heterocycles. The van der Waals surface area contributed by atoms with E-state index >= 15 is 0 Å². The highest BCUT2D eigenvalue weighted by Crippen LogP contribution is 2.30. The van der Waals surface area contributed by atoms with Crippen LogP contribution in [0.4, 0.5) is 14.9 Å². The van der Waals surface area contributed by atoms with Gasteiger partial charge in [-0.1, -0.05) is 24.3 Å². The van der Waals surface area contributed by atoms with Gasteiger partial charge in [0.25, 0.3) is 11.8 Å². The third-order valence-electron chi connectivity index (χ3n) is 5.24. The molecule has 9 nitrogen and oxygen atoms in total. The van der Waals surface area contributed by atoms with E-state index in [0.717, 1.165) is 12.1 Å². The Hall–Kier alpha value is -4.99.